The third kappa shape index (κ3) is 1.57. The van der Waals surface area contributed by atoms with Gasteiger partial charge < -0.3 is 9.84 Å². The van der Waals surface area contributed by atoms with Gasteiger partial charge in [-0.05, 0) is 38.0 Å². The second kappa shape index (κ2) is 3.70. The molecule has 5 atom stereocenters. The Morgan fingerprint density at radius 3 is 2.83 bits per heavy atom. The second-order valence-electron chi connectivity index (χ2n) is 6.28. The minimum absolute atomic E-state index is 0.0637. The molecule has 0 bridgehead atoms. The van der Waals surface area contributed by atoms with E-state index in [-0.39, 0.29) is 23.9 Å². The molecule has 0 spiro atoms. The maximum atomic E-state index is 11.6. The van der Waals surface area contributed by atoms with Gasteiger partial charge in [0.1, 0.15) is 6.10 Å². The molecule has 0 radical (unpaired) electrons. The molecule has 2 aliphatic carbocycles. The van der Waals surface area contributed by atoms with E-state index in [2.05, 4.69) is 13.2 Å². The lowest BCUT2D eigenvalue weighted by atomic mass is 9.79. The van der Waals surface area contributed by atoms with Gasteiger partial charge in [-0.1, -0.05) is 18.7 Å². The van der Waals surface area contributed by atoms with Crippen molar-refractivity contribution in [2.45, 2.75) is 44.3 Å². The van der Waals surface area contributed by atoms with E-state index in [0.29, 0.717) is 11.5 Å². The first-order chi connectivity index (χ1) is 8.40. The van der Waals surface area contributed by atoms with E-state index in [0.717, 1.165) is 31.3 Å². The molecule has 3 nitrogen and oxygen atoms in total. The Balaban J connectivity index is 1.94. The summed E-state index contributed by atoms with van der Waals surface area (Å²) in [6, 6.07) is 0. The predicted octanol–water partition coefficient (Wildman–Crippen LogP) is 2.21. The Labute approximate surface area is 108 Å². The van der Waals surface area contributed by atoms with Gasteiger partial charge in [-0.25, -0.2) is 4.79 Å². The van der Waals surface area contributed by atoms with Gasteiger partial charge in [0.2, 0.25) is 0 Å². The van der Waals surface area contributed by atoms with Crippen molar-refractivity contribution < 1.29 is 14.6 Å². The molecule has 0 aromatic rings. The molecule has 3 rings (SSSR count). The molecule has 1 heterocycles. The summed E-state index contributed by atoms with van der Waals surface area (Å²) in [4.78, 5) is 11.6. The van der Waals surface area contributed by atoms with Crippen LogP contribution in [0.2, 0.25) is 0 Å². The molecule has 18 heavy (non-hydrogen) atoms. The Hall–Kier alpha value is -1.09. The molecule has 1 N–H and O–H groups in total. The Bertz CT molecular complexity index is 435. The van der Waals surface area contributed by atoms with Gasteiger partial charge in [-0.15, -0.1) is 0 Å². The predicted molar refractivity (Wildman–Crippen MR) is 67.7 cm³/mol. The molecule has 0 unspecified atom stereocenters. The average molecular weight is 248 g/mol. The fourth-order valence-corrected chi connectivity index (χ4v) is 4.01. The van der Waals surface area contributed by atoms with Crippen molar-refractivity contribution in [3.8, 4) is 0 Å². The van der Waals surface area contributed by atoms with E-state index < -0.39 is 5.60 Å². The highest BCUT2D eigenvalue weighted by molar-refractivity contribution is 5.90. The van der Waals surface area contributed by atoms with Crippen LogP contribution < -0.4 is 0 Å². The highest BCUT2D eigenvalue weighted by Crippen LogP contribution is 2.52. The van der Waals surface area contributed by atoms with Crippen molar-refractivity contribution in [3.05, 3.63) is 24.3 Å². The van der Waals surface area contributed by atoms with Gasteiger partial charge in [0, 0.05) is 17.9 Å². The fraction of sp³-hybridized carbons (Fsp3) is 0.667. The van der Waals surface area contributed by atoms with E-state index in [4.69, 9.17) is 4.74 Å². The van der Waals surface area contributed by atoms with Crippen LogP contribution >= 0.6 is 0 Å². The van der Waals surface area contributed by atoms with Crippen LogP contribution in [0, 0.1) is 17.8 Å². The van der Waals surface area contributed by atoms with Crippen LogP contribution in [0.25, 0.3) is 0 Å². The summed E-state index contributed by atoms with van der Waals surface area (Å²) in [5, 5.41) is 10.5. The van der Waals surface area contributed by atoms with E-state index in [1.54, 1.807) is 0 Å². The first-order valence-corrected chi connectivity index (χ1v) is 6.70. The second-order valence-corrected chi connectivity index (χ2v) is 6.28. The fourth-order valence-electron chi connectivity index (χ4n) is 4.01. The summed E-state index contributed by atoms with van der Waals surface area (Å²) in [6.45, 7) is 9.93. The van der Waals surface area contributed by atoms with Gasteiger partial charge in [-0.2, -0.15) is 0 Å². The minimum atomic E-state index is -0.644. The number of fused-ring (bicyclic) bond motifs is 2. The average Bonchev–Trinajstić information content (AvgIpc) is 2.65. The van der Waals surface area contributed by atoms with Crippen LogP contribution in [-0.4, -0.2) is 22.8 Å². The summed E-state index contributed by atoms with van der Waals surface area (Å²) in [5.74, 6) is 0.353. The number of rotatable bonds is 0. The molecular weight excluding hydrogens is 228 g/mol. The van der Waals surface area contributed by atoms with Crippen LogP contribution in [0.3, 0.4) is 0 Å². The third-order valence-electron chi connectivity index (χ3n) is 5.16. The topological polar surface area (TPSA) is 46.5 Å². The van der Waals surface area contributed by atoms with Crippen molar-refractivity contribution >= 4 is 5.97 Å². The minimum Gasteiger partial charge on any atom is -0.458 e. The van der Waals surface area contributed by atoms with Crippen molar-refractivity contribution in [2.24, 2.45) is 17.8 Å². The number of carbonyl (C=O) groups is 1. The van der Waals surface area contributed by atoms with E-state index in [1.807, 2.05) is 6.92 Å². The van der Waals surface area contributed by atoms with Crippen LogP contribution in [0.1, 0.15) is 32.6 Å². The molecule has 3 heteroatoms. The van der Waals surface area contributed by atoms with Crippen LogP contribution in [0.4, 0.5) is 0 Å². The van der Waals surface area contributed by atoms with Crippen molar-refractivity contribution in [2.75, 3.05) is 0 Å². The zero-order chi connectivity index (χ0) is 13.1. The summed E-state index contributed by atoms with van der Waals surface area (Å²) in [5.41, 5.74) is 1.07. The SMILES string of the molecule is C=C1C[C@H]2OC(=O)C(=C)[C@H]2C[C@@H]2[C@@H]1CC[C@]2(C)O. The first kappa shape index (κ1) is 12.0. The molecular formula is C15H20O3. The molecule has 98 valence electrons. The Morgan fingerprint density at radius 1 is 1.39 bits per heavy atom. The number of hydrogen-bond donors (Lipinski definition) is 1. The first-order valence-electron chi connectivity index (χ1n) is 6.70. The van der Waals surface area contributed by atoms with Crippen LogP contribution in [-0.2, 0) is 9.53 Å². The molecule has 3 fully saturated rings. The number of carbonyl (C=O) groups excluding carboxylic acids is 1. The Kier molecular flexibility index (Phi) is 2.46. The normalized spacial score (nSPS) is 47.6. The zero-order valence-electron chi connectivity index (χ0n) is 10.8. The summed E-state index contributed by atoms with van der Waals surface area (Å²) < 4.78 is 5.38. The maximum Gasteiger partial charge on any atom is 0.334 e. The monoisotopic (exact) mass is 248 g/mol. The van der Waals surface area contributed by atoms with E-state index >= 15 is 0 Å². The lowest BCUT2D eigenvalue weighted by Crippen LogP contribution is -2.33. The van der Waals surface area contributed by atoms with Crippen LogP contribution in [0.5, 0.6) is 0 Å². The lowest BCUT2D eigenvalue weighted by Gasteiger charge is -2.30. The molecule has 0 amide bonds. The van der Waals surface area contributed by atoms with Crippen molar-refractivity contribution in [1.29, 1.82) is 0 Å². The summed E-state index contributed by atoms with van der Waals surface area (Å²) >= 11 is 0. The van der Waals surface area contributed by atoms with Crippen molar-refractivity contribution in [1.82, 2.24) is 0 Å². The standard InChI is InChI=1S/C15H20O3/c1-8-6-13-11(9(2)14(16)18-13)7-12-10(8)4-5-15(12,3)17/h10-13,17H,1-2,4-7H2,3H3/t10-,11-,12-,13-,15+/m1/s1. The van der Waals surface area contributed by atoms with E-state index in [1.165, 1.54) is 0 Å². The smallest absolute Gasteiger partial charge is 0.334 e. The van der Waals surface area contributed by atoms with Crippen LogP contribution in [0.15, 0.2) is 24.3 Å². The Morgan fingerprint density at radius 2 is 2.11 bits per heavy atom. The van der Waals surface area contributed by atoms with Gasteiger partial charge in [-0.3, -0.25) is 0 Å². The summed E-state index contributed by atoms with van der Waals surface area (Å²) in [7, 11) is 0. The quantitative estimate of drug-likeness (QED) is 0.406. The number of hydrogen-bond acceptors (Lipinski definition) is 3. The maximum absolute atomic E-state index is 11.6. The van der Waals surface area contributed by atoms with E-state index in [9.17, 15) is 9.90 Å². The zero-order valence-corrected chi connectivity index (χ0v) is 10.8. The molecule has 3 aliphatic rings. The lowest BCUT2D eigenvalue weighted by molar-refractivity contribution is -0.139. The molecule has 1 saturated heterocycles. The molecule has 2 saturated carbocycles. The number of esters is 1. The summed E-state index contributed by atoms with van der Waals surface area (Å²) in [6.07, 6.45) is 3.24. The highest BCUT2D eigenvalue weighted by Gasteiger charge is 2.52. The molecule has 1 aliphatic heterocycles. The van der Waals surface area contributed by atoms with Gasteiger partial charge in [0.15, 0.2) is 0 Å². The van der Waals surface area contributed by atoms with Gasteiger partial charge in [0.25, 0.3) is 0 Å². The largest absolute Gasteiger partial charge is 0.458 e. The number of aliphatic hydroxyl groups is 1. The van der Waals surface area contributed by atoms with Gasteiger partial charge in [0.05, 0.1) is 5.60 Å². The molecule has 0 aromatic carbocycles. The van der Waals surface area contributed by atoms with Gasteiger partial charge >= 0.3 is 5.97 Å². The third-order valence-corrected chi connectivity index (χ3v) is 5.16. The van der Waals surface area contributed by atoms with Crippen molar-refractivity contribution in [3.63, 3.8) is 0 Å². The number of ether oxygens (including phenoxy) is 1. The molecule has 0 aromatic heterocycles. The highest BCUT2D eigenvalue weighted by atomic mass is 16.6.